The summed E-state index contributed by atoms with van der Waals surface area (Å²) < 4.78 is 0. The SMILES string of the molecule is Cc1cc(C(O)C(NCC(C)C)C(C)C)ccc1Cl. The quantitative estimate of drug-likeness (QED) is 0.828. The predicted molar refractivity (Wildman–Crippen MR) is 82.6 cm³/mol. The van der Waals surface area contributed by atoms with E-state index in [1.807, 2.05) is 25.1 Å². The lowest BCUT2D eigenvalue weighted by molar-refractivity contribution is 0.103. The van der Waals surface area contributed by atoms with Gasteiger partial charge in [-0.3, -0.25) is 0 Å². The number of hydrogen-bond donors (Lipinski definition) is 2. The first-order valence-electron chi connectivity index (χ1n) is 7.00. The Hall–Kier alpha value is -0.570. The van der Waals surface area contributed by atoms with Crippen LogP contribution >= 0.6 is 11.6 Å². The van der Waals surface area contributed by atoms with Gasteiger partial charge in [0.25, 0.3) is 0 Å². The van der Waals surface area contributed by atoms with Gasteiger partial charge < -0.3 is 10.4 Å². The molecule has 0 amide bonds. The van der Waals surface area contributed by atoms with Crippen LogP contribution in [0.15, 0.2) is 18.2 Å². The van der Waals surface area contributed by atoms with Crippen LogP contribution in [0.1, 0.15) is 44.9 Å². The van der Waals surface area contributed by atoms with E-state index in [0.29, 0.717) is 11.8 Å². The zero-order valence-electron chi connectivity index (χ0n) is 12.6. The normalized spacial score (nSPS) is 15.0. The minimum Gasteiger partial charge on any atom is -0.387 e. The number of aliphatic hydroxyl groups excluding tert-OH is 1. The van der Waals surface area contributed by atoms with Crippen LogP contribution < -0.4 is 5.32 Å². The third-order valence-electron chi connectivity index (χ3n) is 3.34. The molecule has 0 fully saturated rings. The van der Waals surface area contributed by atoms with E-state index in [9.17, 15) is 5.11 Å². The van der Waals surface area contributed by atoms with Gasteiger partial charge in [-0.05, 0) is 42.5 Å². The Morgan fingerprint density at radius 1 is 1.21 bits per heavy atom. The van der Waals surface area contributed by atoms with Gasteiger partial charge in [0.2, 0.25) is 0 Å². The fraction of sp³-hybridized carbons (Fsp3) is 0.625. The smallest absolute Gasteiger partial charge is 0.0945 e. The van der Waals surface area contributed by atoms with Crippen molar-refractivity contribution in [1.29, 1.82) is 0 Å². The highest BCUT2D eigenvalue weighted by atomic mass is 35.5. The van der Waals surface area contributed by atoms with E-state index in [2.05, 4.69) is 33.0 Å². The summed E-state index contributed by atoms with van der Waals surface area (Å²) in [6.07, 6.45) is -0.505. The Balaban J connectivity index is 2.85. The fourth-order valence-corrected chi connectivity index (χ4v) is 2.26. The molecule has 0 heterocycles. The number of aliphatic hydroxyl groups is 1. The molecule has 2 atom stereocenters. The number of aryl methyl sites for hydroxylation is 1. The second-order valence-corrected chi connectivity index (χ2v) is 6.43. The van der Waals surface area contributed by atoms with E-state index in [0.717, 1.165) is 22.7 Å². The Bertz CT molecular complexity index is 404. The summed E-state index contributed by atoms with van der Waals surface area (Å²) in [4.78, 5) is 0. The minimum absolute atomic E-state index is 0.0583. The highest BCUT2D eigenvalue weighted by molar-refractivity contribution is 6.31. The lowest BCUT2D eigenvalue weighted by Crippen LogP contribution is -2.41. The Labute approximate surface area is 122 Å². The molecule has 0 aliphatic rings. The highest BCUT2D eigenvalue weighted by Crippen LogP contribution is 2.25. The molecule has 0 bridgehead atoms. The van der Waals surface area contributed by atoms with Crippen LogP contribution in [0.4, 0.5) is 0 Å². The number of halogens is 1. The van der Waals surface area contributed by atoms with Crippen molar-refractivity contribution in [3.05, 3.63) is 34.3 Å². The summed E-state index contributed by atoms with van der Waals surface area (Å²) >= 11 is 6.03. The first-order valence-corrected chi connectivity index (χ1v) is 7.38. The molecule has 2 N–H and O–H groups in total. The second-order valence-electron chi connectivity index (χ2n) is 6.03. The molecular weight excluding hydrogens is 258 g/mol. The monoisotopic (exact) mass is 283 g/mol. The minimum atomic E-state index is -0.505. The van der Waals surface area contributed by atoms with Crippen LogP contribution in [-0.4, -0.2) is 17.7 Å². The van der Waals surface area contributed by atoms with E-state index in [1.165, 1.54) is 0 Å². The first-order chi connectivity index (χ1) is 8.82. The average Bonchev–Trinajstić information content (AvgIpc) is 2.31. The van der Waals surface area contributed by atoms with Crippen LogP contribution in [-0.2, 0) is 0 Å². The summed E-state index contributed by atoms with van der Waals surface area (Å²) in [5.74, 6) is 0.935. The fourth-order valence-electron chi connectivity index (χ4n) is 2.14. The summed E-state index contributed by atoms with van der Waals surface area (Å²) in [6, 6.07) is 5.80. The summed E-state index contributed by atoms with van der Waals surface area (Å²) in [7, 11) is 0. The van der Waals surface area contributed by atoms with Gasteiger partial charge in [0.05, 0.1) is 6.10 Å². The van der Waals surface area contributed by atoms with Gasteiger partial charge in [0, 0.05) is 11.1 Å². The molecule has 1 rings (SSSR count). The molecule has 0 spiro atoms. The van der Waals surface area contributed by atoms with Crippen LogP contribution in [0.3, 0.4) is 0 Å². The second kappa shape index (κ2) is 7.28. The zero-order chi connectivity index (χ0) is 14.6. The van der Waals surface area contributed by atoms with Crippen molar-refractivity contribution in [2.75, 3.05) is 6.54 Å². The lowest BCUT2D eigenvalue weighted by Gasteiger charge is -2.29. The topological polar surface area (TPSA) is 32.3 Å². The van der Waals surface area contributed by atoms with Gasteiger partial charge >= 0.3 is 0 Å². The maximum absolute atomic E-state index is 10.6. The molecule has 2 unspecified atom stereocenters. The number of hydrogen-bond acceptors (Lipinski definition) is 2. The van der Waals surface area contributed by atoms with Crippen molar-refractivity contribution in [2.24, 2.45) is 11.8 Å². The van der Waals surface area contributed by atoms with Crippen LogP contribution in [0.2, 0.25) is 5.02 Å². The Kier molecular flexibility index (Phi) is 6.31. The maximum atomic E-state index is 10.6. The lowest BCUT2D eigenvalue weighted by atomic mass is 9.92. The van der Waals surface area contributed by atoms with Crippen LogP contribution in [0, 0.1) is 18.8 Å². The highest BCUT2D eigenvalue weighted by Gasteiger charge is 2.24. The third-order valence-corrected chi connectivity index (χ3v) is 3.77. The van der Waals surface area contributed by atoms with Crippen molar-refractivity contribution in [2.45, 2.75) is 46.8 Å². The van der Waals surface area contributed by atoms with Crippen LogP contribution in [0.5, 0.6) is 0 Å². The maximum Gasteiger partial charge on any atom is 0.0945 e. The molecule has 0 radical (unpaired) electrons. The summed E-state index contributed by atoms with van der Waals surface area (Å²) in [5, 5.41) is 14.8. The van der Waals surface area contributed by atoms with Gasteiger partial charge in [0.1, 0.15) is 0 Å². The predicted octanol–water partition coefficient (Wildman–Crippen LogP) is 3.95. The number of benzene rings is 1. The largest absolute Gasteiger partial charge is 0.387 e. The van der Waals surface area contributed by atoms with Gasteiger partial charge in [-0.1, -0.05) is 51.4 Å². The average molecular weight is 284 g/mol. The molecule has 0 saturated heterocycles. The molecule has 0 aromatic heterocycles. The first kappa shape index (κ1) is 16.5. The number of rotatable bonds is 6. The van der Waals surface area contributed by atoms with Gasteiger partial charge in [0.15, 0.2) is 0 Å². The molecule has 1 aromatic carbocycles. The van der Waals surface area contributed by atoms with Gasteiger partial charge in [-0.2, -0.15) is 0 Å². The summed E-state index contributed by atoms with van der Waals surface area (Å²) in [5.41, 5.74) is 1.93. The van der Waals surface area contributed by atoms with E-state index < -0.39 is 6.10 Å². The van der Waals surface area contributed by atoms with E-state index >= 15 is 0 Å². The van der Waals surface area contributed by atoms with E-state index in [-0.39, 0.29) is 6.04 Å². The van der Waals surface area contributed by atoms with Gasteiger partial charge in [-0.15, -0.1) is 0 Å². The van der Waals surface area contributed by atoms with Crippen molar-refractivity contribution in [3.63, 3.8) is 0 Å². The van der Waals surface area contributed by atoms with E-state index in [4.69, 9.17) is 11.6 Å². The molecule has 2 nitrogen and oxygen atoms in total. The van der Waals surface area contributed by atoms with Crippen molar-refractivity contribution >= 4 is 11.6 Å². The molecule has 0 aliphatic heterocycles. The molecule has 108 valence electrons. The van der Waals surface area contributed by atoms with Crippen molar-refractivity contribution < 1.29 is 5.11 Å². The molecule has 0 aliphatic carbocycles. The van der Waals surface area contributed by atoms with Gasteiger partial charge in [-0.25, -0.2) is 0 Å². The van der Waals surface area contributed by atoms with Crippen molar-refractivity contribution in [3.8, 4) is 0 Å². The standard InChI is InChI=1S/C16H26ClNO/c1-10(2)9-18-15(11(3)4)16(19)13-6-7-14(17)12(5)8-13/h6-8,10-11,15-16,18-19H,9H2,1-5H3. The number of nitrogens with one attached hydrogen (secondary N) is 1. The van der Waals surface area contributed by atoms with Crippen LogP contribution in [0.25, 0.3) is 0 Å². The van der Waals surface area contributed by atoms with E-state index in [1.54, 1.807) is 0 Å². The van der Waals surface area contributed by atoms with Crippen molar-refractivity contribution in [1.82, 2.24) is 5.32 Å². The molecule has 3 heteroatoms. The molecule has 0 saturated carbocycles. The Morgan fingerprint density at radius 3 is 2.32 bits per heavy atom. The molecule has 1 aromatic rings. The zero-order valence-corrected chi connectivity index (χ0v) is 13.3. The summed E-state index contributed by atoms with van der Waals surface area (Å²) in [6.45, 7) is 11.5. The Morgan fingerprint density at radius 2 is 1.84 bits per heavy atom. The molecular formula is C16H26ClNO. The third kappa shape index (κ3) is 4.79. The molecule has 19 heavy (non-hydrogen) atoms.